The first-order chi connectivity index (χ1) is 12.9. The molecule has 0 aliphatic carbocycles. The molecule has 0 bridgehead atoms. The Labute approximate surface area is 172 Å². The highest BCUT2D eigenvalue weighted by Crippen LogP contribution is 2.35. The summed E-state index contributed by atoms with van der Waals surface area (Å²) in [6.07, 6.45) is 0. The number of halogens is 2. The highest BCUT2D eigenvalue weighted by atomic mass is 35.5. The molecule has 0 fully saturated rings. The number of anilines is 1. The number of aromatic nitrogens is 1. The van der Waals surface area contributed by atoms with Crippen molar-refractivity contribution >= 4 is 55.8 Å². The van der Waals surface area contributed by atoms with Crippen LogP contribution in [0.3, 0.4) is 0 Å². The Bertz CT molecular complexity index is 975. The molecule has 0 radical (unpaired) electrons. The maximum atomic E-state index is 13.3. The van der Waals surface area contributed by atoms with E-state index in [0.717, 1.165) is 10.2 Å². The predicted octanol–water partition coefficient (Wildman–Crippen LogP) is 4.82. The number of rotatable bonds is 6. The number of carbonyl (C=O) groups excluding carboxylic acids is 1. The molecule has 0 aliphatic rings. The second-order valence-corrected chi connectivity index (χ2v) is 8.04. The minimum absolute atomic E-state index is 0.234. The van der Waals surface area contributed by atoms with Gasteiger partial charge in [0.2, 0.25) is 0 Å². The number of fused-ring (bicyclic) bond motifs is 1. The van der Waals surface area contributed by atoms with Crippen LogP contribution in [0.4, 0.5) is 5.13 Å². The van der Waals surface area contributed by atoms with Gasteiger partial charge in [0.05, 0.1) is 22.4 Å². The second kappa shape index (κ2) is 8.44. The van der Waals surface area contributed by atoms with E-state index in [4.69, 9.17) is 27.9 Å². The maximum absolute atomic E-state index is 13.3. The molecule has 0 atom stereocenters. The lowest BCUT2D eigenvalue weighted by Crippen LogP contribution is -2.36. The fourth-order valence-corrected chi connectivity index (χ4v) is 3.96. The van der Waals surface area contributed by atoms with Crippen LogP contribution >= 0.6 is 34.5 Å². The molecule has 0 N–H and O–H groups in total. The molecule has 8 heteroatoms. The molecule has 1 aromatic heterocycles. The van der Waals surface area contributed by atoms with Crippen LogP contribution in [0.1, 0.15) is 10.4 Å². The largest absolute Gasteiger partial charge is 0.494 e. The molecule has 0 aliphatic heterocycles. The number of amides is 1. The summed E-state index contributed by atoms with van der Waals surface area (Å²) in [6, 6.07) is 10.6. The topological polar surface area (TPSA) is 45.7 Å². The molecule has 1 amide bonds. The lowest BCUT2D eigenvalue weighted by Gasteiger charge is -2.22. The van der Waals surface area contributed by atoms with E-state index in [1.54, 1.807) is 30.2 Å². The van der Waals surface area contributed by atoms with Gasteiger partial charge in [0.1, 0.15) is 11.3 Å². The first kappa shape index (κ1) is 19.9. The molecule has 3 rings (SSSR count). The van der Waals surface area contributed by atoms with Crippen molar-refractivity contribution in [3.8, 4) is 5.75 Å². The minimum Gasteiger partial charge on any atom is -0.494 e. The number of carbonyl (C=O) groups is 1. The maximum Gasteiger partial charge on any atom is 0.261 e. The molecule has 0 saturated carbocycles. The summed E-state index contributed by atoms with van der Waals surface area (Å²) in [4.78, 5) is 21.6. The summed E-state index contributed by atoms with van der Waals surface area (Å²) in [5.74, 6) is 0.443. The van der Waals surface area contributed by atoms with E-state index < -0.39 is 0 Å². The van der Waals surface area contributed by atoms with Gasteiger partial charge in [-0.3, -0.25) is 9.69 Å². The van der Waals surface area contributed by atoms with Crippen LogP contribution in [0, 0.1) is 0 Å². The van der Waals surface area contributed by atoms with Crippen molar-refractivity contribution in [3.05, 3.63) is 52.0 Å². The number of hydrogen-bond acceptors (Lipinski definition) is 5. The Morgan fingerprint density at radius 2 is 1.96 bits per heavy atom. The van der Waals surface area contributed by atoms with E-state index in [1.807, 2.05) is 37.2 Å². The van der Waals surface area contributed by atoms with Crippen LogP contribution in [-0.2, 0) is 0 Å². The van der Waals surface area contributed by atoms with Gasteiger partial charge >= 0.3 is 0 Å². The Morgan fingerprint density at radius 3 is 2.67 bits per heavy atom. The summed E-state index contributed by atoms with van der Waals surface area (Å²) < 4.78 is 6.34. The predicted molar refractivity (Wildman–Crippen MR) is 113 cm³/mol. The zero-order valence-electron chi connectivity index (χ0n) is 15.2. The van der Waals surface area contributed by atoms with Crippen LogP contribution in [0.5, 0.6) is 5.75 Å². The normalized spacial score (nSPS) is 11.2. The van der Waals surface area contributed by atoms with Crippen LogP contribution < -0.4 is 9.64 Å². The SMILES string of the molecule is COc1cccc2sc(N(CCN(C)C)C(=O)c3cc(Cl)ccc3Cl)nc12. The Balaban J connectivity index is 2.05. The van der Waals surface area contributed by atoms with E-state index in [0.29, 0.717) is 39.6 Å². The number of para-hydroxylation sites is 1. The first-order valence-electron chi connectivity index (χ1n) is 8.26. The monoisotopic (exact) mass is 423 g/mol. The number of nitrogens with zero attached hydrogens (tertiary/aromatic N) is 3. The van der Waals surface area contributed by atoms with Gasteiger partial charge in [0.15, 0.2) is 5.13 Å². The van der Waals surface area contributed by atoms with E-state index >= 15 is 0 Å². The van der Waals surface area contributed by atoms with Crippen LogP contribution in [0.25, 0.3) is 10.2 Å². The average molecular weight is 424 g/mol. The summed E-state index contributed by atoms with van der Waals surface area (Å²) in [6.45, 7) is 1.15. The summed E-state index contributed by atoms with van der Waals surface area (Å²) in [5.41, 5.74) is 1.09. The third-order valence-electron chi connectivity index (χ3n) is 4.00. The molecule has 2 aromatic carbocycles. The quantitative estimate of drug-likeness (QED) is 0.569. The van der Waals surface area contributed by atoms with Gasteiger partial charge in [-0.05, 0) is 44.4 Å². The number of methoxy groups -OCH3 is 1. The van der Waals surface area contributed by atoms with Crippen molar-refractivity contribution < 1.29 is 9.53 Å². The average Bonchev–Trinajstić information content (AvgIpc) is 3.07. The zero-order chi connectivity index (χ0) is 19.6. The molecular formula is C19H19Cl2N3O2S. The van der Waals surface area contributed by atoms with E-state index in [9.17, 15) is 4.79 Å². The van der Waals surface area contributed by atoms with E-state index in [1.165, 1.54) is 11.3 Å². The van der Waals surface area contributed by atoms with Crippen molar-refractivity contribution in [3.63, 3.8) is 0 Å². The van der Waals surface area contributed by atoms with Gasteiger partial charge in [-0.1, -0.05) is 40.6 Å². The van der Waals surface area contributed by atoms with Crippen molar-refractivity contribution in [1.29, 1.82) is 0 Å². The van der Waals surface area contributed by atoms with Crippen molar-refractivity contribution in [1.82, 2.24) is 9.88 Å². The number of thiazole rings is 1. The molecule has 3 aromatic rings. The molecule has 5 nitrogen and oxygen atoms in total. The van der Waals surface area contributed by atoms with E-state index in [-0.39, 0.29) is 5.91 Å². The van der Waals surface area contributed by atoms with Gasteiger partial charge in [-0.25, -0.2) is 4.98 Å². The van der Waals surface area contributed by atoms with Crippen LogP contribution in [0.15, 0.2) is 36.4 Å². The first-order valence-corrected chi connectivity index (χ1v) is 9.83. The number of benzene rings is 2. The standard InChI is InChI=1S/C19H19Cl2N3O2S/c1-23(2)9-10-24(18(25)13-11-12(20)7-8-14(13)21)19-22-17-15(26-3)5-4-6-16(17)27-19/h4-8,11H,9-10H2,1-3H3. The van der Waals surface area contributed by atoms with Gasteiger partial charge in [0, 0.05) is 18.1 Å². The molecule has 0 spiro atoms. The highest BCUT2D eigenvalue weighted by Gasteiger charge is 2.24. The summed E-state index contributed by atoms with van der Waals surface area (Å²) in [7, 11) is 5.52. The lowest BCUT2D eigenvalue weighted by molar-refractivity contribution is 0.0985. The molecule has 0 unspecified atom stereocenters. The highest BCUT2D eigenvalue weighted by molar-refractivity contribution is 7.22. The summed E-state index contributed by atoms with van der Waals surface area (Å²) in [5, 5.41) is 1.41. The van der Waals surface area contributed by atoms with Crippen LogP contribution in [-0.4, -0.2) is 50.1 Å². The lowest BCUT2D eigenvalue weighted by atomic mass is 10.2. The summed E-state index contributed by atoms with van der Waals surface area (Å²) >= 11 is 13.8. The molecular weight excluding hydrogens is 405 g/mol. The Hall–Kier alpha value is -1.86. The van der Waals surface area contributed by atoms with Crippen molar-refractivity contribution in [2.45, 2.75) is 0 Å². The number of hydrogen-bond donors (Lipinski definition) is 0. The number of likely N-dealkylation sites (N-methyl/N-ethyl adjacent to an activating group) is 1. The minimum atomic E-state index is -0.234. The van der Waals surface area contributed by atoms with Gasteiger partial charge in [-0.15, -0.1) is 0 Å². The molecule has 0 saturated heterocycles. The van der Waals surface area contributed by atoms with Gasteiger partial charge in [-0.2, -0.15) is 0 Å². The van der Waals surface area contributed by atoms with Gasteiger partial charge < -0.3 is 9.64 Å². The second-order valence-electron chi connectivity index (χ2n) is 6.19. The van der Waals surface area contributed by atoms with E-state index in [2.05, 4.69) is 4.98 Å². The molecule has 27 heavy (non-hydrogen) atoms. The molecule has 142 valence electrons. The fraction of sp³-hybridized carbons (Fsp3) is 0.263. The fourth-order valence-electron chi connectivity index (χ4n) is 2.58. The van der Waals surface area contributed by atoms with Crippen molar-refractivity contribution in [2.24, 2.45) is 0 Å². The third kappa shape index (κ3) is 4.35. The Kier molecular flexibility index (Phi) is 6.22. The number of ether oxygens (including phenoxy) is 1. The van der Waals surface area contributed by atoms with Crippen LogP contribution in [0.2, 0.25) is 10.0 Å². The smallest absolute Gasteiger partial charge is 0.261 e. The van der Waals surface area contributed by atoms with Crippen molar-refractivity contribution in [2.75, 3.05) is 39.2 Å². The molecule has 1 heterocycles. The zero-order valence-corrected chi connectivity index (χ0v) is 17.5. The Morgan fingerprint density at radius 1 is 1.19 bits per heavy atom. The third-order valence-corrected chi connectivity index (χ3v) is 5.60. The van der Waals surface area contributed by atoms with Gasteiger partial charge in [0.25, 0.3) is 5.91 Å².